The zero-order valence-electron chi connectivity index (χ0n) is 13.8. The molecule has 0 spiro atoms. The van der Waals surface area contributed by atoms with Crippen LogP contribution in [0.25, 0.3) is 0 Å². The summed E-state index contributed by atoms with van der Waals surface area (Å²) in [6, 6.07) is 7.23. The number of halogens is 3. The molecule has 0 aliphatic heterocycles. The third-order valence-electron chi connectivity index (χ3n) is 3.34. The van der Waals surface area contributed by atoms with Gasteiger partial charge in [-0.2, -0.15) is 8.78 Å². The van der Waals surface area contributed by atoms with Crippen LogP contribution in [0.2, 0.25) is 0 Å². The smallest absolute Gasteiger partial charge is 0.387 e. The Hall–Kier alpha value is -2.46. The summed E-state index contributed by atoms with van der Waals surface area (Å²) in [7, 11) is -1.46. The summed E-state index contributed by atoms with van der Waals surface area (Å²) in [5.74, 6) is -1.04. The highest BCUT2D eigenvalue weighted by Crippen LogP contribution is 2.29. The molecule has 26 heavy (non-hydrogen) atoms. The summed E-state index contributed by atoms with van der Waals surface area (Å²) in [4.78, 5) is -0.277. The molecule has 10 heteroatoms. The molecule has 0 aliphatic carbocycles. The first-order chi connectivity index (χ1) is 12.3. The Kier molecular flexibility index (Phi) is 6.32. The number of hydrogen-bond acceptors (Lipinski definition) is 5. The van der Waals surface area contributed by atoms with Gasteiger partial charge in [0.1, 0.15) is 0 Å². The van der Waals surface area contributed by atoms with Crippen molar-refractivity contribution in [2.75, 3.05) is 14.2 Å². The fourth-order valence-corrected chi connectivity index (χ4v) is 3.12. The molecule has 0 fully saturated rings. The molecule has 2 aromatic rings. The van der Waals surface area contributed by atoms with Gasteiger partial charge in [0, 0.05) is 6.54 Å². The summed E-state index contributed by atoms with van der Waals surface area (Å²) < 4.78 is 79.1. The number of nitrogens with one attached hydrogen (secondary N) is 1. The van der Waals surface area contributed by atoms with Crippen LogP contribution in [0.1, 0.15) is 5.56 Å². The lowest BCUT2D eigenvalue weighted by molar-refractivity contribution is -0.0512. The van der Waals surface area contributed by atoms with Gasteiger partial charge in [-0.15, -0.1) is 0 Å². The van der Waals surface area contributed by atoms with Crippen molar-refractivity contribution in [2.24, 2.45) is 0 Å². The second-order valence-electron chi connectivity index (χ2n) is 4.98. The number of ether oxygens (including phenoxy) is 3. The van der Waals surface area contributed by atoms with Gasteiger partial charge in [0.2, 0.25) is 10.0 Å². The zero-order valence-corrected chi connectivity index (χ0v) is 14.6. The molecule has 0 aliphatic rings. The van der Waals surface area contributed by atoms with Gasteiger partial charge in [-0.3, -0.25) is 0 Å². The minimum atomic E-state index is -3.99. The highest BCUT2D eigenvalue weighted by molar-refractivity contribution is 7.89. The van der Waals surface area contributed by atoms with Crippen LogP contribution in [0.5, 0.6) is 17.2 Å². The van der Waals surface area contributed by atoms with Crippen molar-refractivity contribution in [1.82, 2.24) is 4.72 Å². The van der Waals surface area contributed by atoms with Gasteiger partial charge in [0.15, 0.2) is 23.1 Å². The molecule has 2 aromatic carbocycles. The summed E-state index contributed by atoms with van der Waals surface area (Å²) in [6.07, 6.45) is 0. The lowest BCUT2D eigenvalue weighted by atomic mass is 10.2. The topological polar surface area (TPSA) is 73.9 Å². The second kappa shape index (κ2) is 8.28. The maximum atomic E-state index is 13.7. The van der Waals surface area contributed by atoms with Crippen LogP contribution < -0.4 is 18.9 Å². The molecular formula is C16H16F3NO5S. The molecule has 0 radical (unpaired) electrons. The zero-order chi connectivity index (χ0) is 19.3. The molecule has 0 bridgehead atoms. The third-order valence-corrected chi connectivity index (χ3v) is 4.74. The lowest BCUT2D eigenvalue weighted by Gasteiger charge is -2.12. The minimum Gasteiger partial charge on any atom is -0.494 e. The molecule has 0 unspecified atom stereocenters. The van der Waals surface area contributed by atoms with Crippen molar-refractivity contribution in [2.45, 2.75) is 18.1 Å². The first-order valence-corrected chi connectivity index (χ1v) is 8.70. The van der Waals surface area contributed by atoms with Gasteiger partial charge in [0.05, 0.1) is 19.1 Å². The largest absolute Gasteiger partial charge is 0.494 e. The molecule has 0 heterocycles. The van der Waals surface area contributed by atoms with Crippen molar-refractivity contribution >= 4 is 10.0 Å². The Balaban J connectivity index is 2.15. The summed E-state index contributed by atoms with van der Waals surface area (Å²) in [5.41, 5.74) is 0.432. The number of alkyl halides is 2. The monoisotopic (exact) mass is 391 g/mol. The van der Waals surface area contributed by atoms with Crippen LogP contribution >= 0.6 is 0 Å². The van der Waals surface area contributed by atoms with E-state index in [9.17, 15) is 21.6 Å². The van der Waals surface area contributed by atoms with E-state index < -0.39 is 22.5 Å². The summed E-state index contributed by atoms with van der Waals surface area (Å²) in [5, 5.41) is 0. The van der Waals surface area contributed by atoms with Crippen molar-refractivity contribution in [3.63, 3.8) is 0 Å². The second-order valence-corrected chi connectivity index (χ2v) is 6.75. The highest BCUT2D eigenvalue weighted by Gasteiger charge is 2.17. The summed E-state index contributed by atoms with van der Waals surface area (Å²) >= 11 is 0. The number of sulfonamides is 1. The van der Waals surface area contributed by atoms with Crippen LogP contribution in [0.3, 0.4) is 0 Å². The number of rotatable bonds is 8. The molecule has 2 rings (SSSR count). The fourth-order valence-electron chi connectivity index (χ4n) is 2.09. The van der Waals surface area contributed by atoms with Crippen LogP contribution in [0, 0.1) is 5.82 Å². The predicted molar refractivity (Wildman–Crippen MR) is 86.6 cm³/mol. The average molecular weight is 391 g/mol. The first kappa shape index (κ1) is 19.9. The van der Waals surface area contributed by atoms with Crippen LogP contribution in [0.15, 0.2) is 41.3 Å². The molecule has 0 saturated carbocycles. The van der Waals surface area contributed by atoms with Gasteiger partial charge in [-0.05, 0) is 35.9 Å². The first-order valence-electron chi connectivity index (χ1n) is 7.21. The van der Waals surface area contributed by atoms with E-state index in [0.29, 0.717) is 5.56 Å². The van der Waals surface area contributed by atoms with E-state index in [2.05, 4.69) is 9.46 Å². The Morgan fingerprint density at radius 3 is 2.23 bits per heavy atom. The molecule has 0 aromatic heterocycles. The van der Waals surface area contributed by atoms with Crippen molar-refractivity contribution < 1.29 is 35.8 Å². The van der Waals surface area contributed by atoms with Crippen LogP contribution in [-0.2, 0) is 16.6 Å². The standard InChI is InChI=1S/C16H16F3NO5S/c1-23-13-6-4-11(8-12(13)17)26(21,22)20-9-10-3-5-14(25-16(18)19)15(7-10)24-2/h3-8,16,20H,9H2,1-2H3. The quantitative estimate of drug-likeness (QED) is 0.749. The molecule has 0 saturated heterocycles. The van der Waals surface area contributed by atoms with Gasteiger partial charge in [-0.1, -0.05) is 6.07 Å². The molecule has 142 valence electrons. The average Bonchev–Trinajstić information content (AvgIpc) is 2.60. The van der Waals surface area contributed by atoms with Crippen molar-refractivity contribution in [1.29, 1.82) is 0 Å². The van der Waals surface area contributed by atoms with Crippen LogP contribution in [0.4, 0.5) is 13.2 Å². The number of methoxy groups -OCH3 is 2. The highest BCUT2D eigenvalue weighted by atomic mass is 32.2. The Bertz CT molecular complexity index is 874. The van der Waals surface area contributed by atoms with Gasteiger partial charge in [0.25, 0.3) is 0 Å². The van der Waals surface area contributed by atoms with E-state index >= 15 is 0 Å². The molecule has 0 atom stereocenters. The normalized spacial score (nSPS) is 11.5. The maximum Gasteiger partial charge on any atom is 0.387 e. The predicted octanol–water partition coefficient (Wildman–Crippen LogP) is 2.92. The Morgan fingerprint density at radius 2 is 1.65 bits per heavy atom. The van der Waals surface area contributed by atoms with E-state index in [1.54, 1.807) is 0 Å². The molecular weight excluding hydrogens is 375 g/mol. The lowest BCUT2D eigenvalue weighted by Crippen LogP contribution is -2.23. The molecule has 0 amide bonds. The van der Waals surface area contributed by atoms with Crippen molar-refractivity contribution in [3.05, 3.63) is 47.8 Å². The van der Waals surface area contributed by atoms with Gasteiger partial charge < -0.3 is 14.2 Å². The number of hydrogen-bond donors (Lipinski definition) is 1. The third kappa shape index (κ3) is 4.79. The maximum absolute atomic E-state index is 13.7. The van der Waals surface area contributed by atoms with Crippen molar-refractivity contribution in [3.8, 4) is 17.2 Å². The van der Waals surface area contributed by atoms with E-state index in [0.717, 1.165) is 6.07 Å². The van der Waals surface area contributed by atoms with E-state index in [1.807, 2.05) is 0 Å². The van der Waals surface area contributed by atoms with Gasteiger partial charge >= 0.3 is 6.61 Å². The molecule has 1 N–H and O–H groups in total. The van der Waals surface area contributed by atoms with Gasteiger partial charge in [-0.25, -0.2) is 17.5 Å². The van der Waals surface area contributed by atoms with Crippen LogP contribution in [-0.4, -0.2) is 29.2 Å². The van der Waals surface area contributed by atoms with E-state index in [4.69, 9.17) is 9.47 Å². The summed E-state index contributed by atoms with van der Waals surface area (Å²) in [6.45, 7) is -3.18. The SMILES string of the molecule is COc1ccc(S(=O)(=O)NCc2ccc(OC(F)F)c(OC)c2)cc1F. The fraction of sp³-hybridized carbons (Fsp3) is 0.250. The Labute approximate surface area is 148 Å². The van der Waals surface area contributed by atoms with E-state index in [-0.39, 0.29) is 28.7 Å². The Morgan fingerprint density at radius 1 is 1.00 bits per heavy atom. The molecule has 6 nitrogen and oxygen atoms in total. The minimum absolute atomic E-state index is 0.0255. The van der Waals surface area contributed by atoms with E-state index in [1.165, 1.54) is 44.6 Å². The number of benzene rings is 2.